The molecule has 0 radical (unpaired) electrons. The molecule has 0 spiro atoms. The Kier molecular flexibility index (Phi) is 9.54. The second-order valence-corrected chi connectivity index (χ2v) is 12.2. The van der Waals surface area contributed by atoms with Crippen molar-refractivity contribution in [3.8, 4) is 5.75 Å². The Labute approximate surface area is 232 Å². The van der Waals surface area contributed by atoms with Gasteiger partial charge in [0.25, 0.3) is 0 Å². The quantitative estimate of drug-likeness (QED) is 0.394. The first kappa shape index (κ1) is 29.3. The highest BCUT2D eigenvalue weighted by Crippen LogP contribution is 2.41. The van der Waals surface area contributed by atoms with E-state index < -0.39 is 11.9 Å². The second kappa shape index (κ2) is 12.7. The number of rotatable bonds is 13. The topological polar surface area (TPSA) is 111 Å². The lowest BCUT2D eigenvalue weighted by molar-refractivity contribution is -0.144. The Balaban J connectivity index is 1.58. The van der Waals surface area contributed by atoms with Crippen molar-refractivity contribution in [1.82, 2.24) is 14.7 Å². The van der Waals surface area contributed by atoms with Crippen molar-refractivity contribution in [2.45, 2.75) is 71.3 Å². The fourth-order valence-electron chi connectivity index (χ4n) is 6.55. The number of aliphatic carboxylic acids is 1. The second-order valence-electron chi connectivity index (χ2n) is 12.2. The fourth-order valence-corrected chi connectivity index (χ4v) is 6.55. The molecule has 9 nitrogen and oxygen atoms in total. The zero-order chi connectivity index (χ0) is 28.2. The summed E-state index contributed by atoms with van der Waals surface area (Å²) in [6, 6.07) is 5.61. The van der Waals surface area contributed by atoms with Gasteiger partial charge >= 0.3 is 5.97 Å². The fraction of sp³-hybridized carbons (Fsp3) is 0.700. The summed E-state index contributed by atoms with van der Waals surface area (Å²) in [5.74, 6) is -0.889. The largest absolute Gasteiger partial charge is 0.493 e. The molecule has 0 unspecified atom stereocenters. The lowest BCUT2D eigenvalue weighted by Gasteiger charge is -2.31. The number of aliphatic hydroxyl groups is 1. The van der Waals surface area contributed by atoms with Crippen LogP contribution in [0.15, 0.2) is 18.2 Å². The van der Waals surface area contributed by atoms with Gasteiger partial charge in [-0.3, -0.25) is 19.3 Å². The summed E-state index contributed by atoms with van der Waals surface area (Å²) in [4.78, 5) is 44.6. The van der Waals surface area contributed by atoms with Crippen LogP contribution in [0, 0.1) is 11.3 Å². The number of nitrogens with zero attached hydrogens (tertiary/aromatic N) is 3. The smallest absolute Gasteiger partial charge is 0.308 e. The van der Waals surface area contributed by atoms with Gasteiger partial charge in [0.1, 0.15) is 5.75 Å². The van der Waals surface area contributed by atoms with Gasteiger partial charge in [0.15, 0.2) is 0 Å². The minimum atomic E-state index is -0.868. The first-order chi connectivity index (χ1) is 18.6. The molecular weight excluding hydrogens is 498 g/mol. The van der Waals surface area contributed by atoms with Crippen LogP contribution < -0.4 is 4.74 Å². The number of benzene rings is 1. The lowest BCUT2D eigenvalue weighted by Crippen LogP contribution is -2.46. The van der Waals surface area contributed by atoms with Crippen molar-refractivity contribution in [2.75, 3.05) is 52.5 Å². The van der Waals surface area contributed by atoms with Crippen molar-refractivity contribution in [3.63, 3.8) is 0 Å². The standard InChI is InChI=1S/C30H45N3O6/c1-4-5-11-31(12-6-14-34)27(36)19-33-18-23(21-7-8-25-22(16-21)10-15-39-25)28(29(37)38)24(33)9-13-32-20-30(2,3)17-26(32)35/h7-8,16,23-24,28,34H,4-6,9-15,17-20H2,1-3H3,(H,37,38)/t23-,24+,28-/m1/s1. The monoisotopic (exact) mass is 543 g/mol. The van der Waals surface area contributed by atoms with E-state index in [2.05, 4.69) is 26.8 Å². The summed E-state index contributed by atoms with van der Waals surface area (Å²) >= 11 is 0. The van der Waals surface area contributed by atoms with Crippen LogP contribution >= 0.6 is 0 Å². The minimum absolute atomic E-state index is 0.0215. The number of carbonyl (C=O) groups excluding carboxylic acids is 2. The van der Waals surface area contributed by atoms with Crippen LogP contribution in [0.3, 0.4) is 0 Å². The Morgan fingerprint density at radius 1 is 1.21 bits per heavy atom. The van der Waals surface area contributed by atoms with Crippen molar-refractivity contribution in [2.24, 2.45) is 11.3 Å². The number of fused-ring (bicyclic) bond motifs is 1. The Bertz CT molecular complexity index is 1040. The van der Waals surface area contributed by atoms with Gasteiger partial charge < -0.3 is 24.7 Å². The molecular formula is C30H45N3O6. The number of aliphatic hydroxyl groups excluding tert-OH is 1. The number of hydrogen-bond acceptors (Lipinski definition) is 6. The zero-order valence-electron chi connectivity index (χ0n) is 23.7. The third-order valence-corrected chi connectivity index (χ3v) is 8.53. The Hall–Kier alpha value is -2.65. The summed E-state index contributed by atoms with van der Waals surface area (Å²) in [7, 11) is 0. The minimum Gasteiger partial charge on any atom is -0.493 e. The summed E-state index contributed by atoms with van der Waals surface area (Å²) < 4.78 is 5.67. The van der Waals surface area contributed by atoms with Gasteiger partial charge in [-0.05, 0) is 41.9 Å². The number of hydrogen-bond donors (Lipinski definition) is 2. The predicted octanol–water partition coefficient (Wildman–Crippen LogP) is 2.75. The first-order valence-corrected chi connectivity index (χ1v) is 14.5. The predicted molar refractivity (Wildman–Crippen MR) is 148 cm³/mol. The third-order valence-electron chi connectivity index (χ3n) is 8.53. The van der Waals surface area contributed by atoms with Gasteiger partial charge in [-0.15, -0.1) is 0 Å². The highest BCUT2D eigenvalue weighted by Gasteiger charge is 2.48. The summed E-state index contributed by atoms with van der Waals surface area (Å²) in [6.07, 6.45) is 4.17. The maximum absolute atomic E-state index is 13.5. The number of unbranched alkanes of at least 4 members (excludes halogenated alkanes) is 1. The molecule has 3 aliphatic rings. The van der Waals surface area contributed by atoms with Crippen molar-refractivity contribution >= 4 is 17.8 Å². The Morgan fingerprint density at radius 2 is 1.97 bits per heavy atom. The number of likely N-dealkylation sites (tertiary alicyclic amines) is 2. The molecule has 3 aliphatic heterocycles. The molecule has 0 aliphatic carbocycles. The lowest BCUT2D eigenvalue weighted by atomic mass is 9.83. The van der Waals surface area contributed by atoms with Gasteiger partial charge in [-0.2, -0.15) is 0 Å². The maximum atomic E-state index is 13.5. The third kappa shape index (κ3) is 6.92. The van der Waals surface area contributed by atoms with E-state index in [0.29, 0.717) is 58.6 Å². The van der Waals surface area contributed by atoms with Crippen LogP contribution in [-0.4, -0.2) is 101 Å². The number of amides is 2. The van der Waals surface area contributed by atoms with Crippen LogP contribution in [-0.2, 0) is 20.8 Å². The average Bonchev–Trinajstić information content (AvgIpc) is 3.56. The van der Waals surface area contributed by atoms with E-state index >= 15 is 0 Å². The molecule has 216 valence electrons. The molecule has 1 aromatic rings. The van der Waals surface area contributed by atoms with Gasteiger partial charge in [-0.25, -0.2) is 0 Å². The highest BCUT2D eigenvalue weighted by molar-refractivity contribution is 5.80. The van der Waals surface area contributed by atoms with Crippen LogP contribution in [0.2, 0.25) is 0 Å². The molecule has 3 atom stereocenters. The van der Waals surface area contributed by atoms with E-state index in [0.717, 1.165) is 36.1 Å². The van der Waals surface area contributed by atoms with Gasteiger partial charge in [0, 0.05) is 64.1 Å². The molecule has 2 fully saturated rings. The highest BCUT2D eigenvalue weighted by atomic mass is 16.5. The molecule has 4 rings (SSSR count). The van der Waals surface area contributed by atoms with Gasteiger partial charge in [-0.1, -0.05) is 39.3 Å². The van der Waals surface area contributed by atoms with Crippen LogP contribution in [0.5, 0.6) is 5.75 Å². The van der Waals surface area contributed by atoms with Gasteiger partial charge in [0.05, 0.1) is 19.1 Å². The van der Waals surface area contributed by atoms with Crippen LogP contribution in [0.4, 0.5) is 0 Å². The van der Waals surface area contributed by atoms with E-state index in [1.807, 2.05) is 21.9 Å². The normalized spacial score (nSPS) is 24.2. The zero-order valence-corrected chi connectivity index (χ0v) is 23.7. The van der Waals surface area contributed by atoms with E-state index in [1.165, 1.54) is 0 Å². The number of carboxylic acid groups (broad SMARTS) is 1. The summed E-state index contributed by atoms with van der Waals surface area (Å²) in [5, 5.41) is 19.8. The van der Waals surface area contributed by atoms with E-state index in [-0.39, 0.29) is 42.3 Å². The van der Waals surface area contributed by atoms with Gasteiger partial charge in [0.2, 0.25) is 11.8 Å². The molecule has 0 aromatic heterocycles. The number of carboxylic acids is 1. The van der Waals surface area contributed by atoms with E-state index in [9.17, 15) is 24.6 Å². The average molecular weight is 544 g/mol. The molecule has 1 aromatic carbocycles. The van der Waals surface area contributed by atoms with Crippen LogP contribution in [0.25, 0.3) is 0 Å². The molecule has 39 heavy (non-hydrogen) atoms. The number of carbonyl (C=O) groups is 3. The SMILES string of the molecule is CCCCN(CCCO)C(=O)CN1C[C@H](c2ccc3c(c2)CCO3)[C@@H](C(=O)O)[C@@H]1CCN1CC(C)(C)CC1=O. The molecule has 9 heteroatoms. The van der Waals surface area contributed by atoms with E-state index in [4.69, 9.17) is 4.74 Å². The van der Waals surface area contributed by atoms with Crippen molar-refractivity contribution < 1.29 is 29.3 Å². The van der Waals surface area contributed by atoms with Crippen molar-refractivity contribution in [3.05, 3.63) is 29.3 Å². The molecule has 2 saturated heterocycles. The molecule has 2 amide bonds. The molecule has 3 heterocycles. The van der Waals surface area contributed by atoms with E-state index in [1.54, 1.807) is 4.90 Å². The summed E-state index contributed by atoms with van der Waals surface area (Å²) in [6.45, 7) is 9.75. The molecule has 2 N–H and O–H groups in total. The summed E-state index contributed by atoms with van der Waals surface area (Å²) in [5.41, 5.74) is 1.98. The van der Waals surface area contributed by atoms with Crippen LogP contribution in [0.1, 0.15) is 69.9 Å². The molecule has 0 saturated carbocycles. The number of ether oxygens (including phenoxy) is 1. The maximum Gasteiger partial charge on any atom is 0.308 e. The molecule has 0 bridgehead atoms. The van der Waals surface area contributed by atoms with Crippen molar-refractivity contribution in [1.29, 1.82) is 0 Å². The first-order valence-electron chi connectivity index (χ1n) is 14.5. The Morgan fingerprint density at radius 3 is 2.64 bits per heavy atom.